The Hall–Kier alpha value is -2.23. The molecule has 0 aliphatic carbocycles. The number of terminal acetylenes is 2. The van der Waals surface area contributed by atoms with Crippen LogP contribution in [0.15, 0.2) is 30.3 Å². The van der Waals surface area contributed by atoms with E-state index in [4.69, 9.17) is 17.6 Å². The van der Waals surface area contributed by atoms with Crippen LogP contribution in [0.4, 0.5) is 0 Å². The lowest BCUT2D eigenvalue weighted by Gasteiger charge is -2.15. The smallest absolute Gasteiger partial charge is 0.324 e. The molecule has 92 valence electrons. The lowest BCUT2D eigenvalue weighted by molar-refractivity contribution is -0.144. The fourth-order valence-corrected chi connectivity index (χ4v) is 1.48. The van der Waals surface area contributed by atoms with Crippen LogP contribution in [0, 0.1) is 24.7 Å². The zero-order chi connectivity index (χ0) is 13.2. The van der Waals surface area contributed by atoms with Gasteiger partial charge in [0.25, 0.3) is 0 Å². The fraction of sp³-hybridized carbons (Fsp3) is 0.267. The molecule has 0 heterocycles. The molecule has 0 unspecified atom stereocenters. The van der Waals surface area contributed by atoms with Gasteiger partial charge < -0.3 is 4.74 Å². The Balaban J connectivity index is 2.64. The van der Waals surface area contributed by atoms with Gasteiger partial charge in [-0.05, 0) is 12.0 Å². The van der Waals surface area contributed by atoms with E-state index in [0.717, 1.165) is 5.56 Å². The molecule has 1 atom stereocenters. The first kappa shape index (κ1) is 13.8. The summed E-state index contributed by atoms with van der Waals surface area (Å²) in [5.74, 6) is 4.32. The quantitative estimate of drug-likeness (QED) is 0.596. The van der Waals surface area contributed by atoms with E-state index in [1.54, 1.807) is 0 Å². The molecule has 18 heavy (non-hydrogen) atoms. The summed E-state index contributed by atoms with van der Waals surface area (Å²) < 4.78 is 4.92. The third kappa shape index (κ3) is 4.74. The van der Waals surface area contributed by atoms with Crippen LogP contribution in [0.5, 0.6) is 0 Å². The second-order valence-corrected chi connectivity index (χ2v) is 3.64. The molecule has 1 aromatic carbocycles. The average Bonchev–Trinajstić information content (AvgIpc) is 2.42. The van der Waals surface area contributed by atoms with Gasteiger partial charge in [-0.1, -0.05) is 42.2 Å². The van der Waals surface area contributed by atoms with Gasteiger partial charge in [-0.15, -0.1) is 12.8 Å². The monoisotopic (exact) mass is 241 g/mol. The highest BCUT2D eigenvalue weighted by molar-refractivity contribution is 5.76. The number of benzene rings is 1. The summed E-state index contributed by atoms with van der Waals surface area (Å²) in [4.78, 5) is 11.8. The maximum atomic E-state index is 11.8. The van der Waals surface area contributed by atoms with Crippen molar-refractivity contribution in [3.63, 3.8) is 0 Å². The molecule has 0 bridgehead atoms. The number of rotatable bonds is 6. The molecular weight excluding hydrogens is 226 g/mol. The van der Waals surface area contributed by atoms with Crippen LogP contribution in [0.2, 0.25) is 0 Å². The van der Waals surface area contributed by atoms with Gasteiger partial charge in [0.1, 0.15) is 6.04 Å². The van der Waals surface area contributed by atoms with Crippen molar-refractivity contribution in [1.82, 2.24) is 5.32 Å². The third-order valence-electron chi connectivity index (χ3n) is 2.32. The van der Waals surface area contributed by atoms with Crippen LogP contribution in [0.1, 0.15) is 5.56 Å². The van der Waals surface area contributed by atoms with E-state index < -0.39 is 6.04 Å². The highest BCUT2D eigenvalue weighted by Gasteiger charge is 2.19. The number of nitrogens with one attached hydrogen (secondary N) is 1. The Bertz CT molecular complexity index is 454. The third-order valence-corrected chi connectivity index (χ3v) is 2.32. The predicted molar refractivity (Wildman–Crippen MR) is 70.6 cm³/mol. The molecule has 0 aliphatic heterocycles. The van der Waals surface area contributed by atoms with Gasteiger partial charge in [0.2, 0.25) is 0 Å². The Morgan fingerprint density at radius 2 is 2.00 bits per heavy atom. The molecule has 1 aromatic rings. The van der Waals surface area contributed by atoms with Gasteiger partial charge >= 0.3 is 5.97 Å². The number of ether oxygens (including phenoxy) is 1. The van der Waals surface area contributed by atoms with E-state index in [0.29, 0.717) is 13.0 Å². The topological polar surface area (TPSA) is 38.3 Å². The minimum absolute atomic E-state index is 0.0259. The summed E-state index contributed by atoms with van der Waals surface area (Å²) in [6.07, 6.45) is 10.7. The molecule has 0 aliphatic rings. The molecule has 3 heteroatoms. The number of carbonyl (C=O) groups excluding carboxylic acids is 1. The van der Waals surface area contributed by atoms with Gasteiger partial charge in [0.15, 0.2) is 6.61 Å². The highest BCUT2D eigenvalue weighted by atomic mass is 16.5. The SMILES string of the molecule is C#CCN[C@@H](Cc1ccccc1)C(=O)OCC#C. The lowest BCUT2D eigenvalue weighted by atomic mass is 10.1. The van der Waals surface area contributed by atoms with E-state index in [-0.39, 0.29) is 12.6 Å². The average molecular weight is 241 g/mol. The molecule has 0 radical (unpaired) electrons. The minimum atomic E-state index is -0.475. The minimum Gasteiger partial charge on any atom is -0.451 e. The summed E-state index contributed by atoms with van der Waals surface area (Å²) in [6, 6.07) is 9.17. The maximum Gasteiger partial charge on any atom is 0.324 e. The molecule has 0 aromatic heterocycles. The van der Waals surface area contributed by atoms with Crippen LogP contribution in [-0.2, 0) is 16.0 Å². The molecule has 0 fully saturated rings. The van der Waals surface area contributed by atoms with Gasteiger partial charge in [-0.25, -0.2) is 0 Å². The number of esters is 1. The maximum absolute atomic E-state index is 11.8. The van der Waals surface area contributed by atoms with Gasteiger partial charge in [0.05, 0.1) is 6.54 Å². The molecule has 0 amide bonds. The summed E-state index contributed by atoms with van der Waals surface area (Å²) in [7, 11) is 0. The summed E-state index contributed by atoms with van der Waals surface area (Å²) in [5, 5.41) is 2.95. The number of hydrogen-bond donors (Lipinski definition) is 1. The lowest BCUT2D eigenvalue weighted by Crippen LogP contribution is -2.40. The van der Waals surface area contributed by atoms with Crippen LogP contribution in [-0.4, -0.2) is 25.2 Å². The van der Waals surface area contributed by atoms with Crippen molar-refractivity contribution in [3.05, 3.63) is 35.9 Å². The first-order chi connectivity index (χ1) is 8.77. The zero-order valence-corrected chi connectivity index (χ0v) is 10.1. The van der Waals surface area contributed by atoms with Crippen LogP contribution in [0.3, 0.4) is 0 Å². The van der Waals surface area contributed by atoms with Crippen LogP contribution in [0.25, 0.3) is 0 Å². The Kier molecular flexibility index (Phi) is 6.11. The predicted octanol–water partition coefficient (Wildman–Crippen LogP) is 0.997. The Morgan fingerprint density at radius 1 is 1.28 bits per heavy atom. The molecule has 0 spiro atoms. The van der Waals surface area contributed by atoms with Crippen molar-refractivity contribution in [2.75, 3.05) is 13.2 Å². The normalized spacial score (nSPS) is 11.0. The van der Waals surface area contributed by atoms with E-state index in [1.807, 2.05) is 30.3 Å². The Labute approximate surface area is 108 Å². The zero-order valence-electron chi connectivity index (χ0n) is 10.1. The molecule has 1 rings (SSSR count). The largest absolute Gasteiger partial charge is 0.451 e. The summed E-state index contributed by atoms with van der Waals surface area (Å²) >= 11 is 0. The van der Waals surface area contributed by atoms with Gasteiger partial charge in [-0.3, -0.25) is 10.1 Å². The second-order valence-electron chi connectivity index (χ2n) is 3.64. The van der Waals surface area contributed by atoms with Crippen molar-refractivity contribution in [3.8, 4) is 24.7 Å². The first-order valence-corrected chi connectivity index (χ1v) is 5.58. The van der Waals surface area contributed by atoms with Crippen molar-refractivity contribution in [2.24, 2.45) is 0 Å². The molecular formula is C15H15NO2. The van der Waals surface area contributed by atoms with Crippen molar-refractivity contribution in [1.29, 1.82) is 0 Å². The van der Waals surface area contributed by atoms with Crippen LogP contribution < -0.4 is 5.32 Å². The molecule has 3 nitrogen and oxygen atoms in total. The van der Waals surface area contributed by atoms with Gasteiger partial charge in [-0.2, -0.15) is 0 Å². The van der Waals surface area contributed by atoms with E-state index >= 15 is 0 Å². The summed E-state index contributed by atoms with van der Waals surface area (Å²) in [6.45, 7) is 0.282. The Morgan fingerprint density at radius 3 is 2.61 bits per heavy atom. The molecule has 1 N–H and O–H groups in total. The summed E-state index contributed by atoms with van der Waals surface area (Å²) in [5.41, 5.74) is 1.03. The van der Waals surface area contributed by atoms with Crippen molar-refractivity contribution in [2.45, 2.75) is 12.5 Å². The number of carbonyl (C=O) groups is 1. The van der Waals surface area contributed by atoms with Crippen molar-refractivity contribution < 1.29 is 9.53 Å². The van der Waals surface area contributed by atoms with E-state index in [9.17, 15) is 4.79 Å². The van der Waals surface area contributed by atoms with E-state index in [1.165, 1.54) is 0 Å². The molecule has 0 saturated carbocycles. The van der Waals surface area contributed by atoms with Crippen LogP contribution >= 0.6 is 0 Å². The van der Waals surface area contributed by atoms with Gasteiger partial charge in [0, 0.05) is 0 Å². The van der Waals surface area contributed by atoms with Crippen molar-refractivity contribution >= 4 is 5.97 Å². The van der Waals surface area contributed by atoms with E-state index in [2.05, 4.69) is 17.2 Å². The number of hydrogen-bond acceptors (Lipinski definition) is 3. The standard InChI is InChI=1S/C15H15NO2/c1-3-10-16-14(15(17)18-11-4-2)12-13-8-6-5-7-9-13/h1-2,5-9,14,16H,10-12H2/t14-/m0/s1. The second kappa shape index (κ2) is 7.95. The highest BCUT2D eigenvalue weighted by Crippen LogP contribution is 2.04. The first-order valence-electron chi connectivity index (χ1n) is 5.58. The fourth-order valence-electron chi connectivity index (χ4n) is 1.48. The molecule has 0 saturated heterocycles.